The van der Waals surface area contributed by atoms with Crippen molar-refractivity contribution in [3.63, 3.8) is 0 Å². The van der Waals surface area contributed by atoms with Gasteiger partial charge >= 0.3 is 6.18 Å². The molecule has 1 heterocycles. The van der Waals surface area contributed by atoms with Crippen LogP contribution in [-0.4, -0.2) is 4.98 Å². The van der Waals surface area contributed by atoms with Gasteiger partial charge in [0.2, 0.25) is 0 Å². The summed E-state index contributed by atoms with van der Waals surface area (Å²) in [6.07, 6.45) is -3.22. The maximum absolute atomic E-state index is 14.3. The predicted molar refractivity (Wildman–Crippen MR) is 160 cm³/mol. The van der Waals surface area contributed by atoms with E-state index in [1.165, 1.54) is 11.6 Å². The number of aromatic nitrogens is 1. The van der Waals surface area contributed by atoms with E-state index < -0.39 is 11.7 Å². The summed E-state index contributed by atoms with van der Waals surface area (Å²) in [6.45, 7) is 0. The maximum atomic E-state index is 14.3. The second-order valence-corrected chi connectivity index (χ2v) is 10.6. The second kappa shape index (κ2) is 10.0. The first-order chi connectivity index (χ1) is 20.4. The SMILES string of the molecule is N#Cc1cccc(-c2cc(-c3cc(Cc4ccccc4)cc4c3Cc3ccccc3-4)nc3c(C(F)(F)F)cccc23)c1. The largest absolute Gasteiger partial charge is 0.418 e. The highest BCUT2D eigenvalue weighted by Gasteiger charge is 2.34. The number of rotatable bonds is 4. The first kappa shape index (κ1) is 25.7. The summed E-state index contributed by atoms with van der Waals surface area (Å²) >= 11 is 0. The van der Waals surface area contributed by atoms with Gasteiger partial charge in [0, 0.05) is 10.9 Å². The summed E-state index contributed by atoms with van der Waals surface area (Å²) in [5, 5.41) is 9.93. The minimum atomic E-state index is -4.58. The minimum absolute atomic E-state index is 0.0995. The molecule has 1 aliphatic carbocycles. The second-order valence-electron chi connectivity index (χ2n) is 10.6. The van der Waals surface area contributed by atoms with Crippen LogP contribution < -0.4 is 0 Å². The average molecular weight is 553 g/mol. The third kappa shape index (κ3) is 4.52. The molecule has 0 saturated heterocycles. The fraction of sp³-hybridized carbons (Fsp3) is 0.0811. The Hall–Kier alpha value is -5.21. The van der Waals surface area contributed by atoms with Gasteiger partial charge in [-0.15, -0.1) is 0 Å². The van der Waals surface area contributed by atoms with Gasteiger partial charge in [-0.25, -0.2) is 4.98 Å². The van der Waals surface area contributed by atoms with E-state index in [1.54, 1.807) is 24.3 Å². The highest BCUT2D eigenvalue weighted by molar-refractivity contribution is 5.99. The molecule has 1 aliphatic rings. The fourth-order valence-corrected chi connectivity index (χ4v) is 6.06. The Morgan fingerprint density at radius 3 is 2.26 bits per heavy atom. The van der Waals surface area contributed by atoms with Crippen molar-refractivity contribution in [1.82, 2.24) is 4.98 Å². The molecule has 1 aromatic heterocycles. The molecule has 0 bridgehead atoms. The van der Waals surface area contributed by atoms with Gasteiger partial charge in [0.15, 0.2) is 0 Å². The van der Waals surface area contributed by atoms with Crippen LogP contribution in [0.2, 0.25) is 0 Å². The topological polar surface area (TPSA) is 36.7 Å². The van der Waals surface area contributed by atoms with Crippen molar-refractivity contribution in [2.45, 2.75) is 19.0 Å². The molecule has 0 fully saturated rings. The lowest BCUT2D eigenvalue weighted by atomic mass is 9.90. The first-order valence-corrected chi connectivity index (χ1v) is 13.7. The predicted octanol–water partition coefficient (Wildman–Crippen LogP) is 9.62. The van der Waals surface area contributed by atoms with Crippen LogP contribution in [0, 0.1) is 11.3 Å². The zero-order valence-corrected chi connectivity index (χ0v) is 22.4. The standard InChI is InChI=1S/C37H23F3N2/c38-37(39,40)34-15-7-14-29-30(26-12-6-10-24(17-26)22-41)21-35(42-36(29)34)33-19-25(16-23-8-2-1-3-9-23)18-31-28-13-5-4-11-27(28)20-32(31)33/h1-15,17-19,21H,16,20H2. The van der Waals surface area contributed by atoms with Crippen molar-refractivity contribution < 1.29 is 13.2 Å². The highest BCUT2D eigenvalue weighted by atomic mass is 19.4. The van der Waals surface area contributed by atoms with Crippen molar-refractivity contribution in [2.24, 2.45) is 0 Å². The Morgan fingerprint density at radius 2 is 1.45 bits per heavy atom. The van der Waals surface area contributed by atoms with Gasteiger partial charge in [-0.3, -0.25) is 0 Å². The third-order valence-corrected chi connectivity index (χ3v) is 7.96. The van der Waals surface area contributed by atoms with Crippen LogP contribution in [0.15, 0.2) is 115 Å². The van der Waals surface area contributed by atoms with Gasteiger partial charge in [-0.2, -0.15) is 18.4 Å². The Morgan fingerprint density at radius 1 is 0.690 bits per heavy atom. The molecular weight excluding hydrogens is 529 g/mol. The van der Waals surface area contributed by atoms with Crippen LogP contribution in [0.1, 0.15) is 33.4 Å². The van der Waals surface area contributed by atoms with Crippen molar-refractivity contribution in [3.8, 4) is 39.6 Å². The summed E-state index contributed by atoms with van der Waals surface area (Å²) in [5.41, 5.74) is 8.82. The number of nitrogens with zero attached hydrogens (tertiary/aromatic N) is 2. The summed E-state index contributed by atoms with van der Waals surface area (Å²) < 4.78 is 43.0. The molecule has 0 aliphatic heterocycles. The van der Waals surface area contributed by atoms with Crippen molar-refractivity contribution in [3.05, 3.63) is 149 Å². The van der Waals surface area contributed by atoms with Gasteiger partial charge in [-0.1, -0.05) is 84.9 Å². The van der Waals surface area contributed by atoms with Crippen LogP contribution in [-0.2, 0) is 19.0 Å². The molecule has 42 heavy (non-hydrogen) atoms. The number of hydrogen-bond acceptors (Lipinski definition) is 2. The number of alkyl halides is 3. The van der Waals surface area contributed by atoms with Crippen LogP contribution in [0.25, 0.3) is 44.4 Å². The normalized spacial score (nSPS) is 12.1. The van der Waals surface area contributed by atoms with E-state index in [0.717, 1.165) is 39.4 Å². The lowest BCUT2D eigenvalue weighted by Gasteiger charge is -2.17. The highest BCUT2D eigenvalue weighted by Crippen LogP contribution is 2.45. The zero-order chi connectivity index (χ0) is 28.8. The molecule has 0 unspecified atom stereocenters. The molecular formula is C37H23F3N2. The van der Waals surface area contributed by atoms with Crippen LogP contribution >= 0.6 is 0 Å². The summed E-state index contributed by atoms with van der Waals surface area (Å²) in [5.74, 6) is 0. The third-order valence-electron chi connectivity index (χ3n) is 7.96. The van der Waals surface area contributed by atoms with E-state index in [9.17, 15) is 18.4 Å². The van der Waals surface area contributed by atoms with E-state index in [1.807, 2.05) is 42.5 Å². The van der Waals surface area contributed by atoms with Gasteiger partial charge in [0.05, 0.1) is 28.4 Å². The zero-order valence-electron chi connectivity index (χ0n) is 22.4. The number of hydrogen-bond donors (Lipinski definition) is 0. The Kier molecular flexibility index (Phi) is 6.13. The molecule has 202 valence electrons. The van der Waals surface area contributed by atoms with Crippen LogP contribution in [0.4, 0.5) is 13.2 Å². The van der Waals surface area contributed by atoms with E-state index in [4.69, 9.17) is 4.98 Å². The number of pyridine rings is 1. The minimum Gasteiger partial charge on any atom is -0.247 e. The molecule has 0 atom stereocenters. The quantitative estimate of drug-likeness (QED) is 0.218. The smallest absolute Gasteiger partial charge is 0.247 e. The van der Waals surface area contributed by atoms with Crippen molar-refractivity contribution >= 4 is 10.9 Å². The summed E-state index contributed by atoms with van der Waals surface area (Å²) in [6, 6.07) is 37.8. The number of nitriles is 1. The van der Waals surface area contributed by atoms with E-state index in [-0.39, 0.29) is 5.52 Å². The molecule has 0 spiro atoms. The monoisotopic (exact) mass is 552 g/mol. The molecule has 2 nitrogen and oxygen atoms in total. The average Bonchev–Trinajstić information content (AvgIpc) is 3.38. The van der Waals surface area contributed by atoms with E-state index in [0.29, 0.717) is 40.6 Å². The van der Waals surface area contributed by atoms with Crippen molar-refractivity contribution in [2.75, 3.05) is 0 Å². The van der Waals surface area contributed by atoms with Crippen molar-refractivity contribution in [1.29, 1.82) is 5.26 Å². The Bertz CT molecular complexity index is 2040. The van der Waals surface area contributed by atoms with Gasteiger partial charge < -0.3 is 0 Å². The Labute approximate surface area is 241 Å². The number of halogens is 3. The Balaban J connectivity index is 1.52. The molecule has 0 radical (unpaired) electrons. The molecule has 0 amide bonds. The van der Waals surface area contributed by atoms with Gasteiger partial charge in [0.1, 0.15) is 0 Å². The lowest BCUT2D eigenvalue weighted by molar-refractivity contribution is -0.136. The van der Waals surface area contributed by atoms with Gasteiger partial charge in [-0.05, 0) is 87.7 Å². The van der Waals surface area contributed by atoms with E-state index in [2.05, 4.69) is 42.5 Å². The molecule has 7 rings (SSSR count). The summed E-state index contributed by atoms with van der Waals surface area (Å²) in [7, 11) is 0. The molecule has 0 N–H and O–H groups in total. The van der Waals surface area contributed by atoms with Gasteiger partial charge in [0.25, 0.3) is 0 Å². The molecule has 5 heteroatoms. The van der Waals surface area contributed by atoms with Crippen LogP contribution in [0.3, 0.4) is 0 Å². The lowest BCUT2D eigenvalue weighted by Crippen LogP contribution is -2.07. The van der Waals surface area contributed by atoms with E-state index >= 15 is 0 Å². The number of para-hydroxylation sites is 1. The van der Waals surface area contributed by atoms with Crippen LogP contribution in [0.5, 0.6) is 0 Å². The molecule has 0 saturated carbocycles. The molecule has 6 aromatic rings. The number of fused-ring (bicyclic) bond motifs is 4. The number of benzene rings is 5. The maximum Gasteiger partial charge on any atom is 0.418 e. The summed E-state index contributed by atoms with van der Waals surface area (Å²) in [4.78, 5) is 4.74. The molecule has 5 aromatic carbocycles. The first-order valence-electron chi connectivity index (χ1n) is 13.7. The fourth-order valence-electron chi connectivity index (χ4n) is 6.06.